The Balaban J connectivity index is 1.32. The third kappa shape index (κ3) is 6.78. The number of esters is 1. The lowest BCUT2D eigenvalue weighted by atomic mass is 9.70. The summed E-state index contributed by atoms with van der Waals surface area (Å²) >= 11 is 4.52. The highest BCUT2D eigenvalue weighted by Crippen LogP contribution is 2.57. The quantitative estimate of drug-likeness (QED) is 0.0395. The van der Waals surface area contributed by atoms with E-state index in [1.54, 1.807) is 6.20 Å². The zero-order chi connectivity index (χ0) is 37.8. The number of nitrogens with zero attached hydrogens (tertiary/aromatic N) is 3. The van der Waals surface area contributed by atoms with Crippen LogP contribution in [-0.4, -0.2) is 60.7 Å². The molecule has 2 aliphatic rings. The average molecular weight is 784 g/mol. The first kappa shape index (κ1) is 36.8. The lowest BCUT2D eigenvalue weighted by Gasteiger charge is -2.54. The van der Waals surface area contributed by atoms with E-state index >= 15 is 0 Å². The van der Waals surface area contributed by atoms with Crippen LogP contribution in [0.15, 0.2) is 173 Å². The van der Waals surface area contributed by atoms with Crippen LogP contribution in [0.25, 0.3) is 0 Å². The van der Waals surface area contributed by atoms with Gasteiger partial charge in [0, 0.05) is 17.8 Å². The van der Waals surface area contributed by atoms with Crippen LogP contribution in [0.1, 0.15) is 33.9 Å². The van der Waals surface area contributed by atoms with Crippen LogP contribution < -0.4 is 5.73 Å². The number of rotatable bonds is 13. The Bertz CT molecular complexity index is 2130. The molecule has 2 aliphatic heterocycles. The summed E-state index contributed by atoms with van der Waals surface area (Å²) in [5.74, 6) is -0.765. The van der Waals surface area contributed by atoms with E-state index in [1.807, 2.05) is 115 Å². The van der Waals surface area contributed by atoms with Gasteiger partial charge in [-0.05, 0) is 27.8 Å². The minimum Gasteiger partial charge on any atom is -0.448 e. The Hall–Kier alpha value is -5.11. The summed E-state index contributed by atoms with van der Waals surface area (Å²) in [6.07, 6.45) is 0.963. The highest BCUT2D eigenvalue weighted by Gasteiger charge is 2.64. The molecule has 8 rings (SSSR count). The van der Waals surface area contributed by atoms with Crippen molar-refractivity contribution >= 4 is 47.2 Å². The number of nitrogens with one attached hydrogen (secondary N) is 1. The highest BCUT2D eigenvalue weighted by atomic mass is 32.2. The number of benzene rings is 5. The van der Waals surface area contributed by atoms with E-state index < -0.39 is 39.1 Å². The maximum absolute atomic E-state index is 14.9. The molecule has 0 spiro atoms. The van der Waals surface area contributed by atoms with Crippen LogP contribution in [-0.2, 0) is 24.5 Å². The second-order valence-electron chi connectivity index (χ2n) is 13.0. The molecule has 0 aliphatic carbocycles. The second kappa shape index (κ2) is 15.9. The normalized spacial score (nSPS) is 18.8. The van der Waals surface area contributed by atoms with Gasteiger partial charge in [-0.3, -0.25) is 15.4 Å². The van der Waals surface area contributed by atoms with Crippen molar-refractivity contribution in [1.29, 1.82) is 0 Å². The van der Waals surface area contributed by atoms with Gasteiger partial charge in [-0.15, -0.1) is 28.6 Å². The maximum atomic E-state index is 14.9. The molecule has 0 bridgehead atoms. The SMILES string of the molecule is CO[C@@]1(N)C(=O)N2C(C(=O)OC(c3ccccc3)c3ccccc3)=C(SC(Sc3cn[nH]n3)C(c3ccccc3)(c3ccccc3)c3ccccc3)CS[C@@H]21. The van der Waals surface area contributed by atoms with Crippen molar-refractivity contribution in [3.05, 3.63) is 196 Å². The molecule has 1 amide bonds. The number of carbonyl (C=O) groups is 2. The molecule has 6 aromatic rings. The van der Waals surface area contributed by atoms with Gasteiger partial charge in [-0.2, -0.15) is 10.3 Å². The second-order valence-corrected chi connectivity index (χ2v) is 16.7. The molecule has 12 heteroatoms. The van der Waals surface area contributed by atoms with E-state index in [0.29, 0.717) is 15.7 Å². The predicted octanol–water partition coefficient (Wildman–Crippen LogP) is 7.75. The Kier molecular flexibility index (Phi) is 10.7. The lowest BCUT2D eigenvalue weighted by molar-refractivity contribution is -0.183. The number of aromatic amines is 1. The number of fused-ring (bicyclic) bond motifs is 1. The van der Waals surface area contributed by atoms with E-state index in [2.05, 4.69) is 51.8 Å². The van der Waals surface area contributed by atoms with Crippen LogP contribution >= 0.6 is 35.3 Å². The Morgan fingerprint density at radius 2 is 1.31 bits per heavy atom. The van der Waals surface area contributed by atoms with E-state index in [4.69, 9.17) is 15.2 Å². The molecule has 1 aromatic heterocycles. The molecule has 3 N–H and O–H groups in total. The summed E-state index contributed by atoms with van der Waals surface area (Å²) in [6.45, 7) is 0. The van der Waals surface area contributed by atoms with Crippen molar-refractivity contribution in [2.75, 3.05) is 12.9 Å². The molecule has 1 unspecified atom stereocenters. The van der Waals surface area contributed by atoms with Gasteiger partial charge in [0.05, 0.1) is 16.2 Å². The summed E-state index contributed by atoms with van der Waals surface area (Å²) in [5.41, 5.74) is 9.04. The van der Waals surface area contributed by atoms with Crippen molar-refractivity contribution in [3.8, 4) is 0 Å². The number of methoxy groups -OCH3 is 1. The molecule has 55 heavy (non-hydrogen) atoms. The number of β-lactam (4-membered cyclic amide) rings is 1. The molecule has 0 radical (unpaired) electrons. The first-order valence-corrected chi connectivity index (χ1v) is 20.4. The zero-order valence-corrected chi connectivity index (χ0v) is 32.2. The van der Waals surface area contributed by atoms with Gasteiger partial charge in [0.1, 0.15) is 16.1 Å². The molecule has 5 aromatic carbocycles. The Labute approximate surface area is 332 Å². The Morgan fingerprint density at radius 3 is 1.76 bits per heavy atom. The topological polar surface area (TPSA) is 123 Å². The fourth-order valence-electron chi connectivity index (χ4n) is 7.24. The van der Waals surface area contributed by atoms with Crippen molar-refractivity contribution in [2.24, 2.45) is 5.73 Å². The third-order valence-electron chi connectivity index (χ3n) is 9.90. The van der Waals surface area contributed by atoms with Crippen molar-refractivity contribution in [3.63, 3.8) is 0 Å². The first-order valence-electron chi connectivity index (χ1n) is 17.6. The van der Waals surface area contributed by atoms with Crippen LogP contribution in [0, 0.1) is 0 Å². The lowest BCUT2D eigenvalue weighted by Crippen LogP contribution is -2.78. The summed E-state index contributed by atoms with van der Waals surface area (Å²) in [7, 11) is 1.42. The van der Waals surface area contributed by atoms with Crippen molar-refractivity contribution < 1.29 is 19.1 Å². The number of nitrogens with two attached hydrogens (primary N) is 1. The number of ether oxygens (including phenoxy) is 2. The molecule has 276 valence electrons. The van der Waals surface area contributed by atoms with Gasteiger partial charge in [-0.1, -0.05) is 163 Å². The first-order chi connectivity index (χ1) is 26.9. The number of aromatic nitrogens is 3. The average Bonchev–Trinajstić information content (AvgIpc) is 3.77. The van der Waals surface area contributed by atoms with E-state index in [9.17, 15) is 9.59 Å². The number of H-pyrrole nitrogens is 1. The molecule has 3 heterocycles. The molecular weight excluding hydrogens is 747 g/mol. The zero-order valence-electron chi connectivity index (χ0n) is 29.7. The van der Waals surface area contributed by atoms with E-state index in [0.717, 1.165) is 27.8 Å². The smallest absolute Gasteiger partial charge is 0.356 e. The number of hydrogen-bond acceptors (Lipinski definition) is 10. The fourth-order valence-corrected chi connectivity index (χ4v) is 11.9. The van der Waals surface area contributed by atoms with Crippen LogP contribution in [0.4, 0.5) is 0 Å². The van der Waals surface area contributed by atoms with Crippen molar-refractivity contribution in [2.45, 2.75) is 32.2 Å². The number of thioether (sulfide) groups is 3. The minimum atomic E-state index is -1.58. The van der Waals surface area contributed by atoms with Crippen LogP contribution in [0.3, 0.4) is 0 Å². The number of carbonyl (C=O) groups excluding carboxylic acids is 2. The summed E-state index contributed by atoms with van der Waals surface area (Å²) in [4.78, 5) is 31.1. The molecule has 9 nitrogen and oxygen atoms in total. The molecule has 1 fully saturated rings. The van der Waals surface area contributed by atoms with Gasteiger partial charge in [-0.25, -0.2) is 4.79 Å². The standard InChI is InChI=1S/C43H37N5O4S3/c1-51-43(44)39(50)48-36(38(49)52-37(29-17-7-2-8-18-29)30-19-9-3-10-20-30)34(28-53-40(43)48)54-41(55-35-27-45-47-46-35)42(31-21-11-4-12-22-31,32-23-13-5-14-24-32)33-25-15-6-16-26-33/h2-27,37,40-41H,28,44H2,1H3,(H,45,46,47)/t40-,41?,43+/m1/s1. The van der Waals surface area contributed by atoms with Gasteiger partial charge < -0.3 is 9.47 Å². The van der Waals surface area contributed by atoms with Gasteiger partial charge in [0.15, 0.2) is 6.10 Å². The number of amides is 1. The molecule has 1 saturated heterocycles. The number of hydrogen-bond donors (Lipinski definition) is 2. The summed E-state index contributed by atoms with van der Waals surface area (Å²) < 4.78 is 11.7. The monoisotopic (exact) mass is 783 g/mol. The molecule has 0 saturated carbocycles. The van der Waals surface area contributed by atoms with Crippen LogP contribution in [0.2, 0.25) is 0 Å². The van der Waals surface area contributed by atoms with Crippen LogP contribution in [0.5, 0.6) is 0 Å². The summed E-state index contributed by atoms with van der Waals surface area (Å²) in [6, 6.07) is 50.3. The Morgan fingerprint density at radius 1 is 0.818 bits per heavy atom. The van der Waals surface area contributed by atoms with E-state index in [1.165, 1.54) is 47.3 Å². The van der Waals surface area contributed by atoms with Gasteiger partial charge in [0.25, 0.3) is 5.91 Å². The largest absolute Gasteiger partial charge is 0.448 e. The fraction of sp³-hybridized carbons (Fsp3) is 0.163. The molecule has 3 atom stereocenters. The third-order valence-corrected chi connectivity index (χ3v) is 14.2. The highest BCUT2D eigenvalue weighted by molar-refractivity contribution is 8.19. The van der Waals surface area contributed by atoms with E-state index in [-0.39, 0.29) is 5.70 Å². The maximum Gasteiger partial charge on any atom is 0.356 e. The predicted molar refractivity (Wildman–Crippen MR) is 218 cm³/mol. The summed E-state index contributed by atoms with van der Waals surface area (Å²) in [5, 5.41) is 11.4. The molecular formula is C43H37N5O4S3. The van der Waals surface area contributed by atoms with Crippen molar-refractivity contribution in [1.82, 2.24) is 20.3 Å². The van der Waals surface area contributed by atoms with Gasteiger partial charge >= 0.3 is 5.97 Å². The van der Waals surface area contributed by atoms with Gasteiger partial charge in [0.2, 0.25) is 5.72 Å². The minimum absolute atomic E-state index is 0.155.